The van der Waals surface area contributed by atoms with Gasteiger partial charge in [-0.1, -0.05) is 27.7 Å². The Morgan fingerprint density at radius 3 is 2.24 bits per heavy atom. The van der Waals surface area contributed by atoms with Crippen LogP contribution < -0.4 is 0 Å². The van der Waals surface area contributed by atoms with Crippen LogP contribution in [0.2, 0.25) is 0 Å². The molecule has 0 spiro atoms. The fourth-order valence-electron chi connectivity index (χ4n) is 8.40. The van der Waals surface area contributed by atoms with Crippen molar-refractivity contribution in [2.24, 2.45) is 40.4 Å². The second-order valence-corrected chi connectivity index (χ2v) is 11.3. The van der Waals surface area contributed by atoms with Crippen molar-refractivity contribution in [2.75, 3.05) is 0 Å². The Bertz CT molecular complexity index is 542. The van der Waals surface area contributed by atoms with Crippen LogP contribution in [0, 0.1) is 40.4 Å². The van der Waals surface area contributed by atoms with Crippen LogP contribution in [-0.2, 0) is 0 Å². The first-order chi connectivity index (χ1) is 11.5. The molecule has 4 fully saturated rings. The van der Waals surface area contributed by atoms with Gasteiger partial charge >= 0.3 is 0 Å². The lowest BCUT2D eigenvalue weighted by Gasteiger charge is -2.62. The van der Waals surface area contributed by atoms with Gasteiger partial charge in [-0.05, 0) is 105 Å². The molecule has 4 aliphatic rings. The fraction of sp³-hybridized carbons (Fsp3) is 1.00. The molecule has 0 saturated heterocycles. The summed E-state index contributed by atoms with van der Waals surface area (Å²) >= 11 is 0. The molecule has 1 nitrogen and oxygen atoms in total. The largest absolute Gasteiger partial charge is 0.389 e. The number of alkyl halides is 1. The molecule has 0 bridgehead atoms. The van der Waals surface area contributed by atoms with Gasteiger partial charge in [0.2, 0.25) is 0 Å². The van der Waals surface area contributed by atoms with Crippen LogP contribution >= 0.6 is 0 Å². The van der Waals surface area contributed by atoms with Gasteiger partial charge in [0.05, 0.1) is 5.60 Å². The van der Waals surface area contributed by atoms with E-state index >= 15 is 0 Å². The highest BCUT2D eigenvalue weighted by Crippen LogP contribution is 2.69. The molecule has 0 heterocycles. The lowest BCUT2D eigenvalue weighted by atomic mass is 9.43. The molecule has 0 aromatic carbocycles. The highest BCUT2D eigenvalue weighted by molar-refractivity contribution is 5.15. The van der Waals surface area contributed by atoms with Crippen molar-refractivity contribution in [1.29, 1.82) is 0 Å². The maximum Gasteiger partial charge on any atom is 0.108 e. The second kappa shape index (κ2) is 5.46. The van der Waals surface area contributed by atoms with Gasteiger partial charge in [-0.25, -0.2) is 4.39 Å². The zero-order chi connectivity index (χ0) is 18.3. The summed E-state index contributed by atoms with van der Waals surface area (Å²) in [5.74, 6) is 3.11. The van der Waals surface area contributed by atoms with Crippen LogP contribution in [0.25, 0.3) is 0 Å². The Hall–Kier alpha value is -0.110. The minimum Gasteiger partial charge on any atom is -0.389 e. The lowest BCUT2D eigenvalue weighted by molar-refractivity contribution is -0.172. The number of aliphatic hydroxyl groups is 1. The van der Waals surface area contributed by atoms with E-state index in [0.717, 1.165) is 37.5 Å². The summed E-state index contributed by atoms with van der Waals surface area (Å²) < 4.78 is 14.7. The Kier molecular flexibility index (Phi) is 3.99. The molecule has 8 atom stereocenters. The Labute approximate surface area is 154 Å². The van der Waals surface area contributed by atoms with Gasteiger partial charge in [0.1, 0.15) is 5.67 Å². The number of fused-ring (bicyclic) bond motifs is 5. The minimum absolute atomic E-state index is 0.0921. The lowest BCUT2D eigenvalue weighted by Crippen LogP contribution is -2.58. The summed E-state index contributed by atoms with van der Waals surface area (Å²) in [5, 5.41) is 11.5. The molecular weight excluding hydrogens is 311 g/mol. The van der Waals surface area contributed by atoms with E-state index in [0.29, 0.717) is 23.2 Å². The first-order valence-corrected chi connectivity index (χ1v) is 10.9. The number of hydrogen-bond donors (Lipinski definition) is 1. The molecule has 144 valence electrons. The van der Waals surface area contributed by atoms with Crippen LogP contribution in [0.3, 0.4) is 0 Å². The van der Waals surface area contributed by atoms with E-state index in [4.69, 9.17) is 0 Å². The van der Waals surface area contributed by atoms with Crippen molar-refractivity contribution < 1.29 is 9.50 Å². The summed E-state index contributed by atoms with van der Waals surface area (Å²) in [5.41, 5.74) is -0.987. The summed E-state index contributed by atoms with van der Waals surface area (Å²) in [6.07, 6.45) is 9.70. The minimum atomic E-state index is -0.939. The summed E-state index contributed by atoms with van der Waals surface area (Å²) in [7, 11) is 0. The van der Waals surface area contributed by atoms with E-state index in [1.165, 1.54) is 32.1 Å². The fourth-order valence-corrected chi connectivity index (χ4v) is 8.40. The first kappa shape index (κ1) is 18.3. The predicted molar refractivity (Wildman–Crippen MR) is 101 cm³/mol. The highest BCUT2D eigenvalue weighted by Gasteiger charge is 2.65. The number of hydrogen-bond acceptors (Lipinski definition) is 1. The molecular formula is C23H39FO. The van der Waals surface area contributed by atoms with E-state index in [1.807, 2.05) is 6.92 Å². The maximum atomic E-state index is 14.7. The van der Waals surface area contributed by atoms with Gasteiger partial charge < -0.3 is 5.11 Å². The molecule has 0 radical (unpaired) electrons. The number of halogens is 1. The SMILES string of the molecule is CC(C)[C@]1(O)CC[C@H]2[C@@H]3CC[C@H]4CC(C)(F)CC[C@]4(C)[C@H]3CC[C@@]21C. The van der Waals surface area contributed by atoms with Crippen LogP contribution in [0.4, 0.5) is 4.39 Å². The molecule has 0 aromatic heterocycles. The third-order valence-electron chi connectivity index (χ3n) is 10.1. The van der Waals surface area contributed by atoms with Crippen LogP contribution in [0.5, 0.6) is 0 Å². The molecule has 4 rings (SSSR count). The third-order valence-corrected chi connectivity index (χ3v) is 10.1. The van der Waals surface area contributed by atoms with E-state index < -0.39 is 11.3 Å². The first-order valence-electron chi connectivity index (χ1n) is 10.9. The van der Waals surface area contributed by atoms with Crippen LogP contribution in [0.1, 0.15) is 92.4 Å². The van der Waals surface area contributed by atoms with Gasteiger partial charge in [-0.3, -0.25) is 0 Å². The number of rotatable bonds is 1. The summed E-state index contributed by atoms with van der Waals surface area (Å²) in [4.78, 5) is 0. The van der Waals surface area contributed by atoms with Gasteiger partial charge in [0, 0.05) is 0 Å². The molecule has 0 aromatic rings. The van der Waals surface area contributed by atoms with E-state index in [9.17, 15) is 9.50 Å². The highest BCUT2D eigenvalue weighted by atomic mass is 19.1. The molecule has 1 N–H and O–H groups in total. The van der Waals surface area contributed by atoms with Crippen molar-refractivity contribution in [3.8, 4) is 0 Å². The normalized spacial score (nSPS) is 58.6. The molecule has 2 heteroatoms. The molecule has 0 amide bonds. The van der Waals surface area contributed by atoms with Gasteiger partial charge in [-0.15, -0.1) is 0 Å². The van der Waals surface area contributed by atoms with Crippen molar-refractivity contribution in [3.63, 3.8) is 0 Å². The molecule has 4 saturated carbocycles. The monoisotopic (exact) mass is 350 g/mol. The quantitative estimate of drug-likeness (QED) is 0.602. The average molecular weight is 351 g/mol. The Balaban J connectivity index is 1.63. The van der Waals surface area contributed by atoms with Crippen molar-refractivity contribution in [2.45, 2.75) is 104 Å². The summed E-state index contributed by atoms with van der Waals surface area (Å²) in [6.45, 7) is 11.1. The van der Waals surface area contributed by atoms with E-state index in [-0.39, 0.29) is 5.41 Å². The van der Waals surface area contributed by atoms with Crippen molar-refractivity contribution in [1.82, 2.24) is 0 Å². The van der Waals surface area contributed by atoms with Gasteiger partial charge in [-0.2, -0.15) is 0 Å². The smallest absolute Gasteiger partial charge is 0.108 e. The van der Waals surface area contributed by atoms with Crippen molar-refractivity contribution >= 4 is 0 Å². The average Bonchev–Trinajstić information content (AvgIpc) is 2.81. The maximum absolute atomic E-state index is 14.7. The summed E-state index contributed by atoms with van der Waals surface area (Å²) in [6, 6.07) is 0. The Morgan fingerprint density at radius 1 is 0.880 bits per heavy atom. The van der Waals surface area contributed by atoms with Crippen molar-refractivity contribution in [3.05, 3.63) is 0 Å². The van der Waals surface area contributed by atoms with Crippen LogP contribution in [0.15, 0.2) is 0 Å². The van der Waals surface area contributed by atoms with E-state index in [1.54, 1.807) is 0 Å². The third kappa shape index (κ3) is 2.34. The zero-order valence-electron chi connectivity index (χ0n) is 17.1. The van der Waals surface area contributed by atoms with Crippen LogP contribution in [-0.4, -0.2) is 16.4 Å². The van der Waals surface area contributed by atoms with Gasteiger partial charge in [0.25, 0.3) is 0 Å². The molecule has 4 aliphatic carbocycles. The second-order valence-electron chi connectivity index (χ2n) is 11.3. The molecule has 0 aliphatic heterocycles. The Morgan fingerprint density at radius 2 is 1.56 bits per heavy atom. The predicted octanol–water partition coefficient (Wildman–Crippen LogP) is 6.14. The molecule has 1 unspecified atom stereocenters. The molecule has 25 heavy (non-hydrogen) atoms. The van der Waals surface area contributed by atoms with E-state index in [2.05, 4.69) is 27.7 Å². The zero-order valence-corrected chi connectivity index (χ0v) is 17.1. The standard InChI is InChI=1S/C23H39FO/c1-15(2)23(25)11-9-19-17-7-6-16-14-20(3,24)12-13-21(16,4)18(17)8-10-22(19,23)5/h15-19,25H,6-14H2,1-5H3/t16-,17+,18-,19-,20?,21-,22-,23+/m0/s1. The topological polar surface area (TPSA) is 20.2 Å². The van der Waals surface area contributed by atoms with Gasteiger partial charge in [0.15, 0.2) is 0 Å².